The standard InChI is InChI=1S/C21H28N4O/c1-16-6-7-17(2)19(13-16)14-20(26)23-15-18-5-4-8-22-21(18)25-11-9-24(3)10-12-25/h4-8,13H,9-12,14-15H2,1-3H3,(H,23,26). The summed E-state index contributed by atoms with van der Waals surface area (Å²) in [7, 11) is 2.14. The summed E-state index contributed by atoms with van der Waals surface area (Å²) in [6.45, 7) is 8.63. The molecule has 1 fully saturated rings. The van der Waals surface area contributed by atoms with Crippen LogP contribution in [0.25, 0.3) is 0 Å². The normalized spacial score (nSPS) is 15.1. The van der Waals surface area contributed by atoms with E-state index >= 15 is 0 Å². The van der Waals surface area contributed by atoms with Gasteiger partial charge in [-0.05, 0) is 38.1 Å². The maximum absolute atomic E-state index is 12.4. The van der Waals surface area contributed by atoms with Crippen LogP contribution in [-0.2, 0) is 17.8 Å². The van der Waals surface area contributed by atoms with Gasteiger partial charge in [0.15, 0.2) is 0 Å². The fourth-order valence-corrected chi connectivity index (χ4v) is 3.29. The highest BCUT2D eigenvalue weighted by molar-refractivity contribution is 5.79. The Morgan fingerprint density at radius 1 is 1.12 bits per heavy atom. The number of nitrogens with one attached hydrogen (secondary N) is 1. The molecule has 26 heavy (non-hydrogen) atoms. The Bertz CT molecular complexity index is 766. The van der Waals surface area contributed by atoms with Crippen molar-refractivity contribution in [1.29, 1.82) is 0 Å². The number of carbonyl (C=O) groups is 1. The molecule has 0 unspecified atom stereocenters. The molecule has 0 bridgehead atoms. The van der Waals surface area contributed by atoms with E-state index in [1.807, 2.05) is 12.3 Å². The zero-order valence-electron chi connectivity index (χ0n) is 16.0. The molecule has 1 aliphatic heterocycles. The molecule has 0 radical (unpaired) electrons. The predicted octanol–water partition coefficient (Wildman–Crippen LogP) is 2.31. The second-order valence-electron chi connectivity index (χ2n) is 7.16. The topological polar surface area (TPSA) is 48.5 Å². The zero-order chi connectivity index (χ0) is 18.5. The van der Waals surface area contributed by atoms with Crippen molar-refractivity contribution < 1.29 is 4.79 Å². The van der Waals surface area contributed by atoms with Crippen LogP contribution in [0.15, 0.2) is 36.5 Å². The molecule has 5 nitrogen and oxygen atoms in total. The molecule has 2 aromatic rings. The Labute approximate surface area is 156 Å². The molecule has 0 aliphatic carbocycles. The van der Waals surface area contributed by atoms with Crippen molar-refractivity contribution >= 4 is 11.7 Å². The van der Waals surface area contributed by atoms with E-state index in [1.54, 1.807) is 0 Å². The van der Waals surface area contributed by atoms with Gasteiger partial charge in [-0.3, -0.25) is 4.79 Å². The average molecular weight is 352 g/mol. The molecule has 0 saturated carbocycles. The van der Waals surface area contributed by atoms with Crippen LogP contribution >= 0.6 is 0 Å². The van der Waals surface area contributed by atoms with E-state index in [0.717, 1.165) is 48.7 Å². The van der Waals surface area contributed by atoms with Crippen LogP contribution in [0.4, 0.5) is 5.82 Å². The van der Waals surface area contributed by atoms with E-state index < -0.39 is 0 Å². The molecule has 0 atom stereocenters. The van der Waals surface area contributed by atoms with Crippen LogP contribution in [0, 0.1) is 13.8 Å². The van der Waals surface area contributed by atoms with Gasteiger partial charge in [0, 0.05) is 44.5 Å². The van der Waals surface area contributed by atoms with E-state index in [-0.39, 0.29) is 5.91 Å². The molecule has 5 heteroatoms. The average Bonchev–Trinajstić information content (AvgIpc) is 2.64. The van der Waals surface area contributed by atoms with Crippen molar-refractivity contribution in [2.24, 2.45) is 0 Å². The largest absolute Gasteiger partial charge is 0.354 e. The Morgan fingerprint density at radius 2 is 1.88 bits per heavy atom. The fraction of sp³-hybridized carbons (Fsp3) is 0.429. The number of likely N-dealkylation sites (N-methyl/N-ethyl adjacent to an activating group) is 1. The van der Waals surface area contributed by atoms with Gasteiger partial charge in [0.1, 0.15) is 5.82 Å². The summed E-state index contributed by atoms with van der Waals surface area (Å²) >= 11 is 0. The van der Waals surface area contributed by atoms with Gasteiger partial charge in [0.25, 0.3) is 0 Å². The molecule has 3 rings (SSSR count). The number of piperazine rings is 1. The van der Waals surface area contributed by atoms with Crippen molar-refractivity contribution in [3.8, 4) is 0 Å². The van der Waals surface area contributed by atoms with E-state index in [9.17, 15) is 4.79 Å². The lowest BCUT2D eigenvalue weighted by Gasteiger charge is -2.34. The Hall–Kier alpha value is -2.40. The molecule has 2 heterocycles. The minimum atomic E-state index is 0.0480. The molecule has 1 saturated heterocycles. The van der Waals surface area contributed by atoms with Gasteiger partial charge in [-0.15, -0.1) is 0 Å². The minimum absolute atomic E-state index is 0.0480. The lowest BCUT2D eigenvalue weighted by Crippen LogP contribution is -2.45. The number of pyridine rings is 1. The van der Waals surface area contributed by atoms with Crippen LogP contribution in [0.2, 0.25) is 0 Å². The quantitative estimate of drug-likeness (QED) is 0.897. The Balaban J connectivity index is 1.62. The molecule has 1 aromatic carbocycles. The first-order chi connectivity index (χ1) is 12.5. The number of rotatable bonds is 5. The van der Waals surface area contributed by atoms with Crippen molar-refractivity contribution in [3.63, 3.8) is 0 Å². The number of hydrogen-bond donors (Lipinski definition) is 1. The molecular weight excluding hydrogens is 324 g/mol. The predicted molar refractivity (Wildman–Crippen MR) is 105 cm³/mol. The smallest absolute Gasteiger partial charge is 0.224 e. The summed E-state index contributed by atoms with van der Waals surface area (Å²) in [4.78, 5) is 21.6. The number of amides is 1. The SMILES string of the molecule is Cc1ccc(C)c(CC(=O)NCc2cccnc2N2CCN(C)CC2)c1. The number of anilines is 1. The second-order valence-corrected chi connectivity index (χ2v) is 7.16. The summed E-state index contributed by atoms with van der Waals surface area (Å²) in [5, 5.41) is 3.07. The Kier molecular flexibility index (Phi) is 5.89. The van der Waals surface area contributed by atoms with Crippen molar-refractivity contribution in [3.05, 3.63) is 58.8 Å². The number of benzene rings is 1. The third-order valence-electron chi connectivity index (χ3n) is 5.00. The lowest BCUT2D eigenvalue weighted by atomic mass is 10.0. The highest BCUT2D eigenvalue weighted by atomic mass is 16.1. The summed E-state index contributed by atoms with van der Waals surface area (Å²) in [6.07, 6.45) is 2.24. The minimum Gasteiger partial charge on any atom is -0.354 e. The van der Waals surface area contributed by atoms with Crippen LogP contribution in [-0.4, -0.2) is 49.0 Å². The molecular formula is C21H28N4O. The number of aryl methyl sites for hydroxylation is 2. The lowest BCUT2D eigenvalue weighted by molar-refractivity contribution is -0.120. The van der Waals surface area contributed by atoms with Crippen LogP contribution in [0.5, 0.6) is 0 Å². The van der Waals surface area contributed by atoms with Gasteiger partial charge in [0.05, 0.1) is 6.42 Å². The van der Waals surface area contributed by atoms with E-state index in [0.29, 0.717) is 13.0 Å². The molecule has 138 valence electrons. The van der Waals surface area contributed by atoms with Gasteiger partial charge in [-0.1, -0.05) is 29.8 Å². The third kappa shape index (κ3) is 4.61. The van der Waals surface area contributed by atoms with E-state index in [2.05, 4.69) is 65.3 Å². The maximum atomic E-state index is 12.4. The monoisotopic (exact) mass is 352 g/mol. The first kappa shape index (κ1) is 18.4. The summed E-state index contributed by atoms with van der Waals surface area (Å²) in [5.74, 6) is 1.04. The van der Waals surface area contributed by atoms with Crippen molar-refractivity contribution in [2.45, 2.75) is 26.8 Å². The number of aromatic nitrogens is 1. The molecule has 1 amide bonds. The number of carbonyl (C=O) groups excluding carboxylic acids is 1. The summed E-state index contributed by atoms with van der Waals surface area (Å²) < 4.78 is 0. The van der Waals surface area contributed by atoms with Crippen LogP contribution in [0.3, 0.4) is 0 Å². The van der Waals surface area contributed by atoms with E-state index in [4.69, 9.17) is 0 Å². The van der Waals surface area contributed by atoms with Gasteiger partial charge in [-0.2, -0.15) is 0 Å². The fourth-order valence-electron chi connectivity index (χ4n) is 3.29. The van der Waals surface area contributed by atoms with Gasteiger partial charge in [-0.25, -0.2) is 4.98 Å². The second kappa shape index (κ2) is 8.32. The first-order valence-electron chi connectivity index (χ1n) is 9.23. The van der Waals surface area contributed by atoms with Gasteiger partial charge >= 0.3 is 0 Å². The third-order valence-corrected chi connectivity index (χ3v) is 5.00. The highest BCUT2D eigenvalue weighted by Crippen LogP contribution is 2.19. The first-order valence-corrected chi connectivity index (χ1v) is 9.23. The van der Waals surface area contributed by atoms with Crippen LogP contribution in [0.1, 0.15) is 22.3 Å². The van der Waals surface area contributed by atoms with Gasteiger partial charge in [0.2, 0.25) is 5.91 Å². The summed E-state index contributed by atoms with van der Waals surface area (Å²) in [6, 6.07) is 10.2. The maximum Gasteiger partial charge on any atom is 0.224 e. The van der Waals surface area contributed by atoms with Gasteiger partial charge < -0.3 is 15.1 Å². The van der Waals surface area contributed by atoms with Crippen molar-refractivity contribution in [1.82, 2.24) is 15.2 Å². The van der Waals surface area contributed by atoms with Crippen molar-refractivity contribution in [2.75, 3.05) is 38.1 Å². The zero-order valence-corrected chi connectivity index (χ0v) is 16.0. The highest BCUT2D eigenvalue weighted by Gasteiger charge is 2.18. The molecule has 1 N–H and O–H groups in total. The summed E-state index contributed by atoms with van der Waals surface area (Å²) in [5.41, 5.74) is 4.51. The molecule has 1 aromatic heterocycles. The number of hydrogen-bond acceptors (Lipinski definition) is 4. The van der Waals surface area contributed by atoms with E-state index in [1.165, 1.54) is 5.56 Å². The number of nitrogens with zero attached hydrogens (tertiary/aromatic N) is 3. The molecule has 1 aliphatic rings. The van der Waals surface area contributed by atoms with Crippen LogP contribution < -0.4 is 10.2 Å². The molecule has 0 spiro atoms. The Morgan fingerprint density at radius 3 is 2.65 bits per heavy atom.